The van der Waals surface area contributed by atoms with Gasteiger partial charge >= 0.3 is 0 Å². The van der Waals surface area contributed by atoms with E-state index in [9.17, 15) is 9.59 Å². The van der Waals surface area contributed by atoms with Gasteiger partial charge in [-0.1, -0.05) is 30.3 Å². The fourth-order valence-corrected chi connectivity index (χ4v) is 4.10. The number of hydrogen-bond acceptors (Lipinski definition) is 7. The minimum Gasteiger partial charge on any atom is -0.497 e. The van der Waals surface area contributed by atoms with E-state index in [0.717, 1.165) is 23.2 Å². The largest absolute Gasteiger partial charge is 0.497 e. The van der Waals surface area contributed by atoms with Crippen molar-refractivity contribution in [2.45, 2.75) is 13.1 Å². The molecule has 0 aliphatic rings. The Kier molecular flexibility index (Phi) is 8.27. The lowest BCUT2D eigenvalue weighted by Crippen LogP contribution is -2.35. The second kappa shape index (κ2) is 11.8. The maximum absolute atomic E-state index is 13.8. The molecule has 9 nitrogen and oxygen atoms in total. The summed E-state index contributed by atoms with van der Waals surface area (Å²) in [6.45, 7) is 1.32. The fraction of sp³-hybridized carbons (Fsp3) is 0.286. The van der Waals surface area contributed by atoms with Crippen molar-refractivity contribution in [3.05, 3.63) is 76.7 Å². The topological polar surface area (TPSA) is 98.6 Å². The Labute approximate surface area is 215 Å². The predicted octanol–water partition coefficient (Wildman–Crippen LogP) is 2.96. The van der Waals surface area contributed by atoms with E-state index in [-0.39, 0.29) is 18.0 Å². The van der Waals surface area contributed by atoms with Gasteiger partial charge in [-0.3, -0.25) is 14.2 Å². The van der Waals surface area contributed by atoms with Crippen LogP contribution in [-0.2, 0) is 22.6 Å². The first-order chi connectivity index (χ1) is 17.9. The molecule has 0 fully saturated rings. The number of carbonyl (C=O) groups excluding carboxylic acids is 1. The van der Waals surface area contributed by atoms with Crippen molar-refractivity contribution in [2.24, 2.45) is 0 Å². The molecule has 0 atom stereocenters. The van der Waals surface area contributed by atoms with Crippen LogP contribution in [0.2, 0.25) is 0 Å². The Morgan fingerprint density at radius 2 is 1.81 bits per heavy atom. The number of methoxy groups -OCH3 is 2. The van der Waals surface area contributed by atoms with Gasteiger partial charge in [0, 0.05) is 37.5 Å². The molecule has 0 aliphatic heterocycles. The average Bonchev–Trinajstić information content (AvgIpc) is 2.90. The number of pyridine rings is 1. The zero-order valence-electron chi connectivity index (χ0n) is 21.5. The third kappa shape index (κ3) is 6.19. The lowest BCUT2D eigenvalue weighted by Gasteiger charge is -2.15. The summed E-state index contributed by atoms with van der Waals surface area (Å²) in [6.07, 6.45) is 1.72. The molecule has 2 aromatic heterocycles. The smallest absolute Gasteiger partial charge is 0.263 e. The summed E-state index contributed by atoms with van der Waals surface area (Å²) < 4.78 is 11.7. The second-order valence-corrected chi connectivity index (χ2v) is 8.93. The first-order valence-electron chi connectivity index (χ1n) is 11.9. The monoisotopic (exact) mass is 501 g/mol. The van der Waals surface area contributed by atoms with Crippen LogP contribution in [0.5, 0.6) is 5.75 Å². The molecule has 0 bridgehead atoms. The SMILES string of the molecule is COCCNC(=O)Cn1c(-c2cccc(OC)c2)nc2ncc(-c3cccc(CN(C)C)c3)cc2c1=O. The number of fused-ring (bicyclic) bond motifs is 1. The highest BCUT2D eigenvalue weighted by atomic mass is 16.5. The van der Waals surface area contributed by atoms with E-state index >= 15 is 0 Å². The molecule has 192 valence electrons. The molecule has 9 heteroatoms. The molecule has 1 amide bonds. The van der Waals surface area contributed by atoms with E-state index in [0.29, 0.717) is 41.3 Å². The van der Waals surface area contributed by atoms with Crippen LogP contribution in [0.1, 0.15) is 5.56 Å². The molecule has 37 heavy (non-hydrogen) atoms. The van der Waals surface area contributed by atoms with Crippen LogP contribution in [0, 0.1) is 0 Å². The van der Waals surface area contributed by atoms with Gasteiger partial charge in [0.05, 0.1) is 19.1 Å². The number of rotatable bonds is 10. The van der Waals surface area contributed by atoms with E-state index in [1.165, 1.54) is 4.57 Å². The van der Waals surface area contributed by atoms with Gasteiger partial charge in [-0.2, -0.15) is 0 Å². The zero-order valence-corrected chi connectivity index (χ0v) is 21.5. The van der Waals surface area contributed by atoms with Gasteiger partial charge in [-0.15, -0.1) is 0 Å². The number of carbonyl (C=O) groups is 1. The molecule has 0 saturated heterocycles. The van der Waals surface area contributed by atoms with Crippen molar-refractivity contribution in [1.82, 2.24) is 24.8 Å². The van der Waals surface area contributed by atoms with E-state index < -0.39 is 0 Å². The van der Waals surface area contributed by atoms with Gasteiger partial charge in [0.1, 0.15) is 18.1 Å². The van der Waals surface area contributed by atoms with E-state index in [4.69, 9.17) is 14.5 Å². The second-order valence-electron chi connectivity index (χ2n) is 8.93. The third-order valence-corrected chi connectivity index (χ3v) is 5.83. The maximum Gasteiger partial charge on any atom is 0.263 e. The van der Waals surface area contributed by atoms with E-state index in [2.05, 4.69) is 27.3 Å². The molecule has 0 aliphatic carbocycles. The number of nitrogens with zero attached hydrogens (tertiary/aromatic N) is 4. The maximum atomic E-state index is 13.8. The van der Waals surface area contributed by atoms with Crippen molar-refractivity contribution >= 4 is 16.9 Å². The van der Waals surface area contributed by atoms with E-state index in [1.807, 2.05) is 38.4 Å². The average molecular weight is 502 g/mol. The van der Waals surface area contributed by atoms with Gasteiger partial charge in [-0.25, -0.2) is 9.97 Å². The van der Waals surface area contributed by atoms with Crippen molar-refractivity contribution in [3.8, 4) is 28.3 Å². The molecule has 1 N–H and O–H groups in total. The molecule has 0 radical (unpaired) electrons. The van der Waals surface area contributed by atoms with Crippen LogP contribution in [0.25, 0.3) is 33.5 Å². The Morgan fingerprint density at radius 3 is 2.57 bits per heavy atom. The minimum atomic E-state index is -0.344. The van der Waals surface area contributed by atoms with Gasteiger partial charge in [0.15, 0.2) is 5.65 Å². The molecular weight excluding hydrogens is 470 g/mol. The third-order valence-electron chi connectivity index (χ3n) is 5.83. The van der Waals surface area contributed by atoms with Crippen molar-refractivity contribution < 1.29 is 14.3 Å². The summed E-state index contributed by atoms with van der Waals surface area (Å²) in [7, 11) is 7.17. The van der Waals surface area contributed by atoms with Crippen molar-refractivity contribution in [2.75, 3.05) is 41.5 Å². The van der Waals surface area contributed by atoms with Gasteiger partial charge < -0.3 is 19.7 Å². The summed E-state index contributed by atoms with van der Waals surface area (Å²) in [4.78, 5) is 37.8. The number of aromatic nitrogens is 3. The summed E-state index contributed by atoms with van der Waals surface area (Å²) in [5.74, 6) is 0.639. The van der Waals surface area contributed by atoms with Crippen LogP contribution < -0.4 is 15.6 Å². The summed E-state index contributed by atoms with van der Waals surface area (Å²) >= 11 is 0. The molecule has 4 rings (SSSR count). The minimum absolute atomic E-state index is 0.194. The molecule has 0 spiro atoms. The first kappa shape index (κ1) is 26.0. The fourth-order valence-electron chi connectivity index (χ4n) is 4.10. The van der Waals surface area contributed by atoms with E-state index in [1.54, 1.807) is 38.6 Å². The van der Waals surface area contributed by atoms with Crippen LogP contribution in [-0.4, -0.2) is 66.8 Å². The van der Waals surface area contributed by atoms with Crippen molar-refractivity contribution in [1.29, 1.82) is 0 Å². The molecular formula is C28H31N5O4. The highest BCUT2D eigenvalue weighted by molar-refractivity contribution is 5.83. The quantitative estimate of drug-likeness (QED) is 0.334. The van der Waals surface area contributed by atoms with Gasteiger partial charge in [0.2, 0.25) is 5.91 Å². The van der Waals surface area contributed by atoms with Crippen LogP contribution in [0.3, 0.4) is 0 Å². The Morgan fingerprint density at radius 1 is 1.03 bits per heavy atom. The predicted molar refractivity (Wildman–Crippen MR) is 143 cm³/mol. The number of hydrogen-bond donors (Lipinski definition) is 1. The highest BCUT2D eigenvalue weighted by Gasteiger charge is 2.17. The molecule has 0 saturated carbocycles. The summed E-state index contributed by atoms with van der Waals surface area (Å²) in [5.41, 5.74) is 3.52. The molecule has 2 heterocycles. The van der Waals surface area contributed by atoms with Crippen molar-refractivity contribution in [3.63, 3.8) is 0 Å². The van der Waals surface area contributed by atoms with Crippen LogP contribution >= 0.6 is 0 Å². The normalized spacial score (nSPS) is 11.2. The first-order valence-corrected chi connectivity index (χ1v) is 11.9. The molecule has 0 unspecified atom stereocenters. The van der Waals surface area contributed by atoms with Crippen LogP contribution in [0.15, 0.2) is 65.6 Å². The zero-order chi connectivity index (χ0) is 26.4. The lowest BCUT2D eigenvalue weighted by atomic mass is 10.0. The number of nitrogens with one attached hydrogen (secondary N) is 1. The Bertz CT molecular complexity index is 1460. The number of benzene rings is 2. The molecule has 4 aromatic rings. The van der Waals surface area contributed by atoms with Crippen LogP contribution in [0.4, 0.5) is 0 Å². The molecule has 2 aromatic carbocycles. The standard InChI is InChI=1S/C28H31N5O4/c1-32(2)17-19-7-5-8-20(13-19)22-15-24-26(30-16-22)31-27(21-9-6-10-23(14-21)37-4)33(28(24)35)18-25(34)29-11-12-36-3/h5-10,13-16H,11-12,17-18H2,1-4H3,(H,29,34). The summed E-state index contributed by atoms with van der Waals surface area (Å²) in [5, 5.41) is 3.11. The Hall–Kier alpha value is -4.08. The Balaban J connectivity index is 1.82. The highest BCUT2D eigenvalue weighted by Crippen LogP contribution is 2.26. The number of amides is 1. The lowest BCUT2D eigenvalue weighted by molar-refractivity contribution is -0.121. The summed E-state index contributed by atoms with van der Waals surface area (Å²) in [6, 6.07) is 17.1. The van der Waals surface area contributed by atoms with Gasteiger partial charge in [0.25, 0.3) is 5.56 Å². The van der Waals surface area contributed by atoms with Gasteiger partial charge in [-0.05, 0) is 49.5 Å². The number of ether oxygens (including phenoxy) is 2.